The van der Waals surface area contributed by atoms with E-state index in [0.717, 1.165) is 0 Å². The lowest BCUT2D eigenvalue weighted by molar-refractivity contribution is -0.180. The molecular formula is C20H21F4N3O. The summed E-state index contributed by atoms with van der Waals surface area (Å²) in [6.45, 7) is 4.26. The first-order valence-corrected chi connectivity index (χ1v) is 8.75. The van der Waals surface area contributed by atoms with E-state index in [1.165, 1.54) is 32.9 Å². The van der Waals surface area contributed by atoms with Crippen molar-refractivity contribution in [3.05, 3.63) is 71.5 Å². The minimum atomic E-state index is -4.59. The fourth-order valence-electron chi connectivity index (χ4n) is 3.24. The van der Waals surface area contributed by atoms with Gasteiger partial charge in [0.05, 0.1) is 5.70 Å². The summed E-state index contributed by atoms with van der Waals surface area (Å²) in [5.41, 5.74) is -0.0572. The number of benzene rings is 1. The molecule has 0 fully saturated rings. The van der Waals surface area contributed by atoms with E-state index < -0.39 is 35.5 Å². The summed E-state index contributed by atoms with van der Waals surface area (Å²) in [5, 5.41) is 5.10. The molecule has 150 valence electrons. The molecule has 4 nitrogen and oxygen atoms in total. The van der Waals surface area contributed by atoms with Gasteiger partial charge in [-0.25, -0.2) is 4.39 Å². The smallest absolute Gasteiger partial charge is 0.355 e. The van der Waals surface area contributed by atoms with Crippen LogP contribution < -0.4 is 10.6 Å². The van der Waals surface area contributed by atoms with Crippen molar-refractivity contribution in [2.24, 2.45) is 5.41 Å². The second-order valence-corrected chi connectivity index (χ2v) is 7.78. The standard InChI is InChI=1S/C20H21F4N3O/c1-19(2,3)18(20(22,23)24)26-17(28)15-14-6-4-5-11-27(14)16(25-15)12-7-9-13(21)10-8-12/h4-11,16,18,25H,1-3H3,(H,26,28)/t16?,18-/m1/s1. The van der Waals surface area contributed by atoms with Crippen molar-refractivity contribution in [2.75, 3.05) is 0 Å². The topological polar surface area (TPSA) is 44.4 Å². The maximum Gasteiger partial charge on any atom is 0.409 e. The molecule has 2 aliphatic rings. The Morgan fingerprint density at radius 3 is 2.36 bits per heavy atom. The van der Waals surface area contributed by atoms with E-state index in [1.807, 2.05) is 0 Å². The molecule has 2 heterocycles. The van der Waals surface area contributed by atoms with E-state index in [4.69, 9.17) is 0 Å². The number of hydrogen-bond acceptors (Lipinski definition) is 3. The number of allylic oxidation sites excluding steroid dienone is 3. The zero-order valence-electron chi connectivity index (χ0n) is 15.6. The molecule has 2 atom stereocenters. The van der Waals surface area contributed by atoms with Gasteiger partial charge in [0.1, 0.15) is 23.7 Å². The van der Waals surface area contributed by atoms with Crippen LogP contribution in [0.5, 0.6) is 0 Å². The van der Waals surface area contributed by atoms with E-state index in [1.54, 1.807) is 41.5 Å². The number of rotatable bonds is 3. The minimum Gasteiger partial charge on any atom is -0.355 e. The van der Waals surface area contributed by atoms with Crippen molar-refractivity contribution in [1.82, 2.24) is 15.5 Å². The van der Waals surface area contributed by atoms with Crippen molar-refractivity contribution in [2.45, 2.75) is 39.2 Å². The normalized spacial score (nSPS) is 20.1. The van der Waals surface area contributed by atoms with E-state index >= 15 is 0 Å². The molecular weight excluding hydrogens is 374 g/mol. The average Bonchev–Trinajstić information content (AvgIpc) is 2.98. The van der Waals surface area contributed by atoms with E-state index in [9.17, 15) is 22.4 Å². The van der Waals surface area contributed by atoms with Crippen LogP contribution in [0.15, 0.2) is 60.1 Å². The molecule has 2 N–H and O–H groups in total. The third kappa shape index (κ3) is 3.90. The number of nitrogens with one attached hydrogen (secondary N) is 2. The third-order valence-electron chi connectivity index (χ3n) is 4.59. The van der Waals surface area contributed by atoms with Gasteiger partial charge in [0.15, 0.2) is 0 Å². The second kappa shape index (κ2) is 7.00. The Bertz CT molecular complexity index is 834. The van der Waals surface area contributed by atoms with Crippen molar-refractivity contribution in [3.63, 3.8) is 0 Å². The van der Waals surface area contributed by atoms with Crippen molar-refractivity contribution in [1.29, 1.82) is 0 Å². The lowest BCUT2D eigenvalue weighted by atomic mass is 9.86. The zero-order chi connectivity index (χ0) is 20.7. The van der Waals surface area contributed by atoms with Gasteiger partial charge in [-0.3, -0.25) is 4.79 Å². The SMILES string of the molecule is CC(C)(C)[C@@H](NC(=O)C1=C2C=CC=CN2C(c2ccc(F)cc2)N1)C(F)(F)F. The Kier molecular flexibility index (Phi) is 4.99. The Morgan fingerprint density at radius 1 is 1.14 bits per heavy atom. The average molecular weight is 395 g/mol. The van der Waals surface area contributed by atoms with Crippen molar-refractivity contribution in [3.8, 4) is 0 Å². The number of fused-ring (bicyclic) bond motifs is 1. The molecule has 0 saturated heterocycles. The highest BCUT2D eigenvalue weighted by Gasteiger charge is 2.48. The van der Waals surface area contributed by atoms with Gasteiger partial charge in [-0.2, -0.15) is 13.2 Å². The first-order chi connectivity index (χ1) is 13.0. The van der Waals surface area contributed by atoms with Crippen LogP contribution in [0.1, 0.15) is 32.5 Å². The van der Waals surface area contributed by atoms with Gasteiger partial charge in [0.25, 0.3) is 5.91 Å². The number of hydrogen-bond donors (Lipinski definition) is 2. The number of halogens is 4. The molecule has 0 aliphatic carbocycles. The first-order valence-electron chi connectivity index (χ1n) is 8.75. The van der Waals surface area contributed by atoms with Crippen LogP contribution in [0.4, 0.5) is 17.6 Å². The van der Waals surface area contributed by atoms with Gasteiger partial charge in [0, 0.05) is 6.20 Å². The van der Waals surface area contributed by atoms with Gasteiger partial charge >= 0.3 is 6.18 Å². The van der Waals surface area contributed by atoms with Crippen LogP contribution in [0.25, 0.3) is 0 Å². The fraction of sp³-hybridized carbons (Fsp3) is 0.350. The highest BCUT2D eigenvalue weighted by Crippen LogP contribution is 2.36. The summed E-state index contributed by atoms with van der Waals surface area (Å²) in [6.07, 6.45) is 1.68. The molecule has 1 amide bonds. The van der Waals surface area contributed by atoms with Crippen LogP contribution in [0.2, 0.25) is 0 Å². The number of carbonyl (C=O) groups is 1. The zero-order valence-corrected chi connectivity index (χ0v) is 15.6. The molecule has 2 aliphatic heterocycles. The molecule has 1 aromatic rings. The van der Waals surface area contributed by atoms with Crippen LogP contribution in [0, 0.1) is 11.2 Å². The van der Waals surface area contributed by atoms with Gasteiger partial charge in [0.2, 0.25) is 0 Å². The van der Waals surface area contributed by atoms with Crippen molar-refractivity contribution < 1.29 is 22.4 Å². The highest BCUT2D eigenvalue weighted by atomic mass is 19.4. The van der Waals surface area contributed by atoms with Crippen LogP contribution in [-0.2, 0) is 4.79 Å². The predicted octanol–water partition coefficient (Wildman–Crippen LogP) is 4.12. The summed E-state index contributed by atoms with van der Waals surface area (Å²) >= 11 is 0. The Morgan fingerprint density at radius 2 is 1.79 bits per heavy atom. The number of nitrogens with zero attached hydrogens (tertiary/aromatic N) is 1. The van der Waals surface area contributed by atoms with E-state index in [-0.39, 0.29) is 5.70 Å². The molecule has 3 rings (SSSR count). The van der Waals surface area contributed by atoms with Gasteiger partial charge in [-0.05, 0) is 35.3 Å². The van der Waals surface area contributed by atoms with Gasteiger partial charge in [-0.1, -0.05) is 39.0 Å². The number of alkyl halides is 3. The van der Waals surface area contributed by atoms with Crippen molar-refractivity contribution >= 4 is 5.91 Å². The largest absolute Gasteiger partial charge is 0.409 e. The maximum atomic E-state index is 13.5. The molecule has 0 bridgehead atoms. The Labute approximate surface area is 160 Å². The third-order valence-corrected chi connectivity index (χ3v) is 4.59. The summed E-state index contributed by atoms with van der Waals surface area (Å²) in [7, 11) is 0. The minimum absolute atomic E-state index is 0.0356. The molecule has 0 radical (unpaired) electrons. The first kappa shape index (κ1) is 20.0. The fourth-order valence-corrected chi connectivity index (χ4v) is 3.24. The monoisotopic (exact) mass is 395 g/mol. The summed E-state index contributed by atoms with van der Waals surface area (Å²) < 4.78 is 53.6. The van der Waals surface area contributed by atoms with Crippen LogP contribution in [0.3, 0.4) is 0 Å². The van der Waals surface area contributed by atoms with Crippen LogP contribution in [-0.4, -0.2) is 23.0 Å². The van der Waals surface area contributed by atoms with Gasteiger partial charge in [-0.15, -0.1) is 0 Å². The Hall–Kier alpha value is -2.77. The molecule has 1 unspecified atom stereocenters. The number of amides is 1. The molecule has 28 heavy (non-hydrogen) atoms. The second-order valence-electron chi connectivity index (χ2n) is 7.78. The van der Waals surface area contributed by atoms with Gasteiger partial charge < -0.3 is 15.5 Å². The predicted molar refractivity (Wildman–Crippen MR) is 96.9 cm³/mol. The number of carbonyl (C=O) groups excluding carboxylic acids is 1. The lowest BCUT2D eigenvalue weighted by Gasteiger charge is -2.33. The maximum absolute atomic E-state index is 13.5. The summed E-state index contributed by atoms with van der Waals surface area (Å²) in [6, 6.07) is 3.69. The lowest BCUT2D eigenvalue weighted by Crippen LogP contribution is -2.54. The molecule has 1 aromatic carbocycles. The quantitative estimate of drug-likeness (QED) is 0.757. The Balaban J connectivity index is 1.90. The van der Waals surface area contributed by atoms with Crippen LogP contribution >= 0.6 is 0 Å². The molecule has 0 spiro atoms. The highest BCUT2D eigenvalue weighted by molar-refractivity contribution is 5.95. The molecule has 0 aromatic heterocycles. The van der Waals surface area contributed by atoms with E-state index in [2.05, 4.69) is 10.6 Å². The molecule has 0 saturated carbocycles. The summed E-state index contributed by atoms with van der Waals surface area (Å²) in [4.78, 5) is 14.5. The molecule has 8 heteroatoms. The van der Waals surface area contributed by atoms with E-state index in [0.29, 0.717) is 11.3 Å². The summed E-state index contributed by atoms with van der Waals surface area (Å²) in [5.74, 6) is -1.25.